The monoisotopic (exact) mass is 524 g/mol. The van der Waals surface area contributed by atoms with Crippen LogP contribution in [-0.2, 0) is 12.8 Å². The van der Waals surface area contributed by atoms with E-state index in [1.807, 2.05) is 0 Å². The normalized spacial score (nSPS) is 15.0. The maximum atomic E-state index is 2.65. The van der Waals surface area contributed by atoms with E-state index in [0.29, 0.717) is 11.8 Å². The number of hydrogen-bond donors (Lipinski definition) is 0. The largest absolute Gasteiger partial charge is 0.113 e. The van der Waals surface area contributed by atoms with E-state index in [1.165, 1.54) is 44.5 Å². The van der Waals surface area contributed by atoms with Crippen molar-refractivity contribution >= 4 is 18.5 Å². The Morgan fingerprint density at radius 1 is 0.487 bits per heavy atom. The summed E-state index contributed by atoms with van der Waals surface area (Å²) in [6.07, 6.45) is 2.16. The second-order valence-corrected chi connectivity index (χ2v) is 16.7. The molecule has 0 atom stereocenters. The third kappa shape index (κ3) is 4.28. The summed E-state index contributed by atoms with van der Waals surface area (Å²) in [5.74, 6) is 1.05. The number of fused-ring (bicyclic) bond motifs is 2. The van der Waals surface area contributed by atoms with E-state index in [4.69, 9.17) is 0 Å². The number of rotatable bonds is 6. The van der Waals surface area contributed by atoms with Gasteiger partial charge in [-0.3, -0.25) is 0 Å². The Kier molecular flexibility index (Phi) is 6.59. The highest BCUT2D eigenvalue weighted by molar-refractivity contribution is 7.09. The van der Waals surface area contributed by atoms with Crippen molar-refractivity contribution in [3.8, 4) is 22.3 Å². The van der Waals surface area contributed by atoms with Crippen LogP contribution in [-0.4, -0.2) is 8.07 Å². The molecule has 0 saturated heterocycles. The van der Waals surface area contributed by atoms with Crippen molar-refractivity contribution in [2.75, 3.05) is 0 Å². The highest BCUT2D eigenvalue weighted by Gasteiger charge is 2.44. The SMILES string of the molecule is CC(C)C1=C([Si](C)(C)C2=C(C(C)C)Cc3cccc(-c4ccccc4)c32)c2c(cccc2-c2ccccc2)C1. The van der Waals surface area contributed by atoms with Crippen molar-refractivity contribution in [1.29, 1.82) is 0 Å². The van der Waals surface area contributed by atoms with Crippen molar-refractivity contribution in [2.45, 2.75) is 53.6 Å². The van der Waals surface area contributed by atoms with E-state index >= 15 is 0 Å². The van der Waals surface area contributed by atoms with Crippen molar-refractivity contribution in [1.82, 2.24) is 0 Å². The molecule has 6 rings (SSSR count). The van der Waals surface area contributed by atoms with Gasteiger partial charge in [0.05, 0.1) is 0 Å². The molecule has 0 aliphatic heterocycles. The average molecular weight is 525 g/mol. The van der Waals surface area contributed by atoms with Crippen molar-refractivity contribution < 1.29 is 0 Å². The van der Waals surface area contributed by atoms with Gasteiger partial charge < -0.3 is 0 Å². The van der Waals surface area contributed by atoms with E-state index in [0.717, 1.165) is 12.8 Å². The molecule has 0 spiro atoms. The summed E-state index contributed by atoms with van der Waals surface area (Å²) in [5, 5.41) is 3.38. The lowest BCUT2D eigenvalue weighted by molar-refractivity contribution is 0.752. The molecule has 0 fully saturated rings. The van der Waals surface area contributed by atoms with Gasteiger partial charge in [0.2, 0.25) is 0 Å². The van der Waals surface area contributed by atoms with Gasteiger partial charge >= 0.3 is 0 Å². The minimum Gasteiger partial charge on any atom is -0.0630 e. The van der Waals surface area contributed by atoms with Crippen LogP contribution in [0.3, 0.4) is 0 Å². The molecule has 0 aromatic heterocycles. The Balaban J connectivity index is 1.64. The van der Waals surface area contributed by atoms with Crippen molar-refractivity contribution in [3.63, 3.8) is 0 Å². The molecule has 2 aliphatic rings. The second-order valence-electron chi connectivity index (χ2n) is 12.5. The molecule has 0 amide bonds. The molecule has 0 N–H and O–H groups in total. The summed E-state index contributed by atoms with van der Waals surface area (Å²) >= 11 is 0. The van der Waals surface area contributed by atoms with Crippen LogP contribution in [0.1, 0.15) is 49.9 Å². The van der Waals surface area contributed by atoms with Gasteiger partial charge in [-0.15, -0.1) is 0 Å². The van der Waals surface area contributed by atoms with E-state index in [-0.39, 0.29) is 0 Å². The van der Waals surface area contributed by atoms with E-state index in [9.17, 15) is 0 Å². The van der Waals surface area contributed by atoms with E-state index in [1.54, 1.807) is 21.5 Å². The summed E-state index contributed by atoms with van der Waals surface area (Å²) < 4.78 is 0. The van der Waals surface area contributed by atoms with Gasteiger partial charge in [0, 0.05) is 0 Å². The molecular weight excluding hydrogens is 485 g/mol. The van der Waals surface area contributed by atoms with Crippen LogP contribution in [0, 0.1) is 11.8 Å². The van der Waals surface area contributed by atoms with Crippen molar-refractivity contribution in [2.24, 2.45) is 11.8 Å². The lowest BCUT2D eigenvalue weighted by Crippen LogP contribution is -2.33. The standard InChI is InChI=1S/C38H40Si/c1-25(2)33-23-29-19-13-21-31(27-15-9-7-10-16-27)35(29)37(33)39(5,6)38-34(26(3)4)24-30-20-14-22-32(36(30)38)28-17-11-8-12-18-28/h7-22,25-26H,23-24H2,1-6H3. The summed E-state index contributed by atoms with van der Waals surface area (Å²) in [7, 11) is -2.16. The quantitative estimate of drug-likeness (QED) is 0.220. The average Bonchev–Trinajstić information content (AvgIpc) is 3.55. The first kappa shape index (κ1) is 25.8. The molecule has 0 radical (unpaired) electrons. The van der Waals surface area contributed by atoms with Crippen LogP contribution in [0.25, 0.3) is 32.6 Å². The fourth-order valence-corrected chi connectivity index (χ4v) is 11.7. The smallest absolute Gasteiger partial charge is 0.0630 e. The first-order valence-corrected chi connectivity index (χ1v) is 17.6. The molecule has 0 saturated carbocycles. The van der Waals surface area contributed by atoms with Gasteiger partial charge in [0.25, 0.3) is 0 Å². The lowest BCUT2D eigenvalue weighted by Gasteiger charge is -2.34. The van der Waals surface area contributed by atoms with Crippen LogP contribution >= 0.6 is 0 Å². The zero-order valence-corrected chi connectivity index (χ0v) is 25.3. The topological polar surface area (TPSA) is 0 Å². The summed E-state index contributed by atoms with van der Waals surface area (Å²) in [6.45, 7) is 14.9. The molecule has 0 nitrogen and oxygen atoms in total. The fraction of sp³-hybridized carbons (Fsp3) is 0.263. The molecule has 2 aliphatic carbocycles. The molecule has 196 valence electrons. The Morgan fingerprint density at radius 2 is 0.872 bits per heavy atom. The Labute approximate surface area is 236 Å². The highest BCUT2D eigenvalue weighted by Crippen LogP contribution is 2.54. The van der Waals surface area contributed by atoms with Gasteiger partial charge in [-0.05, 0) is 79.6 Å². The Hall–Kier alpha value is -3.42. The second kappa shape index (κ2) is 9.95. The molecule has 4 aromatic rings. The molecule has 0 bridgehead atoms. The molecular formula is C38H40Si. The van der Waals surface area contributed by atoms with Crippen LogP contribution in [0.15, 0.2) is 108 Å². The Bertz CT molecular complexity index is 1480. The predicted molar refractivity (Wildman–Crippen MR) is 172 cm³/mol. The van der Waals surface area contributed by atoms with Gasteiger partial charge in [-0.25, -0.2) is 0 Å². The molecule has 39 heavy (non-hydrogen) atoms. The lowest BCUT2D eigenvalue weighted by atomic mass is 9.97. The summed E-state index contributed by atoms with van der Waals surface area (Å²) in [5.41, 5.74) is 14.9. The number of allylic oxidation sites excluding steroid dienone is 2. The predicted octanol–water partition coefficient (Wildman–Crippen LogP) is 10.4. The first-order chi connectivity index (χ1) is 18.8. The van der Waals surface area contributed by atoms with Crippen molar-refractivity contribution in [3.05, 3.63) is 130 Å². The van der Waals surface area contributed by atoms with Crippen LogP contribution in [0.4, 0.5) is 0 Å². The number of hydrogen-bond acceptors (Lipinski definition) is 0. The molecule has 0 unspecified atom stereocenters. The maximum Gasteiger partial charge on any atom is 0.113 e. The van der Waals surface area contributed by atoms with Crippen LogP contribution in [0.5, 0.6) is 0 Å². The summed E-state index contributed by atoms with van der Waals surface area (Å²) in [4.78, 5) is 0. The van der Waals surface area contributed by atoms with E-state index < -0.39 is 8.07 Å². The molecule has 4 aromatic carbocycles. The minimum absolute atomic E-state index is 0.524. The minimum atomic E-state index is -2.16. The zero-order chi connectivity index (χ0) is 27.3. The maximum absolute atomic E-state index is 2.65. The third-order valence-corrected chi connectivity index (χ3v) is 12.7. The van der Waals surface area contributed by atoms with Crippen LogP contribution < -0.4 is 0 Å². The number of benzene rings is 4. The van der Waals surface area contributed by atoms with Gasteiger partial charge in [0.15, 0.2) is 0 Å². The summed E-state index contributed by atoms with van der Waals surface area (Å²) in [6, 6.07) is 36.1. The molecule has 0 heterocycles. The third-order valence-electron chi connectivity index (χ3n) is 9.02. The highest BCUT2D eigenvalue weighted by atomic mass is 28.3. The Morgan fingerprint density at radius 3 is 1.23 bits per heavy atom. The first-order valence-electron chi connectivity index (χ1n) is 14.6. The van der Waals surface area contributed by atoms with Crippen LogP contribution in [0.2, 0.25) is 13.1 Å². The molecule has 1 heteroatoms. The van der Waals surface area contributed by atoms with Gasteiger partial charge in [0.1, 0.15) is 8.07 Å². The zero-order valence-electron chi connectivity index (χ0n) is 24.3. The fourth-order valence-electron chi connectivity index (χ4n) is 7.25. The van der Waals surface area contributed by atoms with Gasteiger partial charge in [-0.1, -0.05) is 149 Å². The van der Waals surface area contributed by atoms with E-state index in [2.05, 4.69) is 138 Å². The van der Waals surface area contributed by atoms with Gasteiger partial charge in [-0.2, -0.15) is 0 Å².